The van der Waals surface area contributed by atoms with Crippen LogP contribution in [-0.4, -0.2) is 11.1 Å². The minimum atomic E-state index is -0.922. The second-order valence-corrected chi connectivity index (χ2v) is 6.30. The van der Waals surface area contributed by atoms with Crippen molar-refractivity contribution in [3.05, 3.63) is 63.1 Å². The van der Waals surface area contributed by atoms with Gasteiger partial charge in [-0.1, -0.05) is 39.7 Å². The van der Waals surface area contributed by atoms with E-state index in [-0.39, 0.29) is 5.56 Å². The second-order valence-electron chi connectivity index (χ2n) is 3.90. The Kier molecular flexibility index (Phi) is 4.91. The van der Waals surface area contributed by atoms with Crippen molar-refractivity contribution in [1.29, 1.82) is 0 Å². The Morgan fingerprint density at radius 1 is 1.21 bits per heavy atom. The minimum Gasteiger partial charge on any atom is -0.478 e. The van der Waals surface area contributed by atoms with Gasteiger partial charge >= 0.3 is 5.97 Å². The molecule has 0 unspecified atom stereocenters. The van der Waals surface area contributed by atoms with Crippen LogP contribution in [0.5, 0.6) is 0 Å². The lowest BCUT2D eigenvalue weighted by Gasteiger charge is -2.05. The van der Waals surface area contributed by atoms with Crippen molar-refractivity contribution < 1.29 is 9.90 Å². The Hall–Kier alpha value is -0.970. The third-order valence-corrected chi connectivity index (χ3v) is 4.19. The molecular weight excluding hydrogens is 348 g/mol. The Morgan fingerprint density at radius 3 is 2.53 bits per heavy atom. The molecule has 0 saturated heterocycles. The third kappa shape index (κ3) is 4.27. The molecular formula is C14H10BrClO2S. The summed E-state index contributed by atoms with van der Waals surface area (Å²) in [6.45, 7) is 0. The number of aromatic carboxylic acids is 1. The predicted octanol–water partition coefficient (Wildman–Crippen LogP) is 5.09. The highest BCUT2D eigenvalue weighted by Crippen LogP contribution is 2.27. The molecule has 0 amide bonds. The number of thioether (sulfide) groups is 1. The molecule has 0 bridgehead atoms. The number of rotatable bonds is 4. The van der Waals surface area contributed by atoms with Crippen molar-refractivity contribution in [2.45, 2.75) is 10.6 Å². The van der Waals surface area contributed by atoms with E-state index >= 15 is 0 Å². The van der Waals surface area contributed by atoms with E-state index in [0.29, 0.717) is 5.02 Å². The van der Waals surface area contributed by atoms with Gasteiger partial charge in [0.25, 0.3) is 0 Å². The molecule has 1 N–H and O–H groups in total. The molecule has 0 saturated carbocycles. The van der Waals surface area contributed by atoms with Gasteiger partial charge in [0, 0.05) is 20.1 Å². The molecule has 19 heavy (non-hydrogen) atoms. The van der Waals surface area contributed by atoms with Crippen LogP contribution in [0.2, 0.25) is 5.02 Å². The molecule has 2 aromatic rings. The highest BCUT2D eigenvalue weighted by atomic mass is 79.9. The molecule has 0 heterocycles. The Labute approximate surface area is 128 Å². The van der Waals surface area contributed by atoms with Gasteiger partial charge in [0.1, 0.15) is 0 Å². The van der Waals surface area contributed by atoms with Crippen LogP contribution in [0.4, 0.5) is 0 Å². The van der Waals surface area contributed by atoms with Crippen LogP contribution in [0, 0.1) is 0 Å². The molecule has 0 aliphatic carbocycles. The van der Waals surface area contributed by atoms with Gasteiger partial charge in [0.15, 0.2) is 0 Å². The van der Waals surface area contributed by atoms with Gasteiger partial charge in [-0.3, -0.25) is 0 Å². The van der Waals surface area contributed by atoms with Gasteiger partial charge in [0.05, 0.1) is 5.56 Å². The second kappa shape index (κ2) is 6.46. The molecule has 0 aliphatic heterocycles. The molecule has 2 aromatic carbocycles. The smallest absolute Gasteiger partial charge is 0.335 e. The number of hydrogen-bond acceptors (Lipinski definition) is 2. The first kappa shape index (κ1) is 14.4. The molecule has 5 heteroatoms. The summed E-state index contributed by atoms with van der Waals surface area (Å²) in [5, 5.41) is 9.72. The van der Waals surface area contributed by atoms with E-state index in [1.807, 2.05) is 30.3 Å². The van der Waals surface area contributed by atoms with Gasteiger partial charge in [-0.15, -0.1) is 11.8 Å². The first-order chi connectivity index (χ1) is 9.04. The minimum absolute atomic E-state index is 0.285. The van der Waals surface area contributed by atoms with Gasteiger partial charge < -0.3 is 5.11 Å². The molecule has 0 aliphatic rings. The number of benzene rings is 2. The molecule has 98 valence electrons. The van der Waals surface area contributed by atoms with Crippen LogP contribution in [0.1, 0.15) is 15.9 Å². The zero-order chi connectivity index (χ0) is 13.8. The first-order valence-electron chi connectivity index (χ1n) is 5.46. The van der Waals surface area contributed by atoms with Gasteiger partial charge in [-0.05, 0) is 35.9 Å². The summed E-state index contributed by atoms with van der Waals surface area (Å²) in [5.41, 5.74) is 1.43. The largest absolute Gasteiger partial charge is 0.478 e. The standard InChI is InChI=1S/C14H10BrClO2S/c15-11-5-10(14(17)18)6-13(7-11)19-8-9-1-3-12(16)4-2-9/h1-7H,8H2,(H,17,18). The zero-order valence-corrected chi connectivity index (χ0v) is 12.9. The number of carboxylic acids is 1. The number of carboxylic acid groups (broad SMARTS) is 1. The lowest BCUT2D eigenvalue weighted by atomic mass is 10.2. The molecule has 0 fully saturated rings. The highest BCUT2D eigenvalue weighted by Gasteiger charge is 2.06. The summed E-state index contributed by atoms with van der Waals surface area (Å²) in [5.74, 6) is -0.151. The summed E-state index contributed by atoms with van der Waals surface area (Å²) in [4.78, 5) is 11.9. The summed E-state index contributed by atoms with van der Waals surface area (Å²) in [6.07, 6.45) is 0. The number of hydrogen-bond donors (Lipinski definition) is 1. The van der Waals surface area contributed by atoms with E-state index in [9.17, 15) is 4.79 Å². The van der Waals surface area contributed by atoms with E-state index in [1.54, 1.807) is 23.9 Å². The Balaban J connectivity index is 2.11. The van der Waals surface area contributed by atoms with Gasteiger partial charge in [-0.25, -0.2) is 4.79 Å². The average Bonchev–Trinajstić information content (AvgIpc) is 2.37. The van der Waals surface area contributed by atoms with E-state index < -0.39 is 5.97 Å². The maximum Gasteiger partial charge on any atom is 0.335 e. The summed E-state index contributed by atoms with van der Waals surface area (Å²) in [7, 11) is 0. The lowest BCUT2D eigenvalue weighted by molar-refractivity contribution is 0.0696. The van der Waals surface area contributed by atoms with Crippen LogP contribution in [0.3, 0.4) is 0 Å². The third-order valence-electron chi connectivity index (χ3n) is 2.44. The predicted molar refractivity (Wildman–Crippen MR) is 82.1 cm³/mol. The van der Waals surface area contributed by atoms with Crippen molar-refractivity contribution >= 4 is 45.3 Å². The van der Waals surface area contributed by atoms with Crippen LogP contribution in [0.25, 0.3) is 0 Å². The van der Waals surface area contributed by atoms with E-state index in [0.717, 1.165) is 20.7 Å². The summed E-state index contributed by atoms with van der Waals surface area (Å²) < 4.78 is 0.769. The topological polar surface area (TPSA) is 37.3 Å². The fraction of sp³-hybridized carbons (Fsp3) is 0.0714. The van der Waals surface area contributed by atoms with E-state index in [4.69, 9.17) is 16.7 Å². The van der Waals surface area contributed by atoms with Crippen molar-refractivity contribution in [3.8, 4) is 0 Å². The SMILES string of the molecule is O=C(O)c1cc(Br)cc(SCc2ccc(Cl)cc2)c1. The summed E-state index contributed by atoms with van der Waals surface area (Å²) in [6, 6.07) is 12.8. The van der Waals surface area contributed by atoms with Crippen molar-refractivity contribution in [1.82, 2.24) is 0 Å². The highest BCUT2D eigenvalue weighted by molar-refractivity contribution is 9.10. The van der Waals surface area contributed by atoms with Crippen LogP contribution >= 0.6 is 39.3 Å². The van der Waals surface area contributed by atoms with Gasteiger partial charge in [0.2, 0.25) is 0 Å². The molecule has 0 aromatic heterocycles. The number of halogens is 2. The van der Waals surface area contributed by atoms with Crippen molar-refractivity contribution in [2.24, 2.45) is 0 Å². The van der Waals surface area contributed by atoms with Crippen LogP contribution < -0.4 is 0 Å². The van der Waals surface area contributed by atoms with Crippen molar-refractivity contribution in [3.63, 3.8) is 0 Å². The zero-order valence-electron chi connectivity index (χ0n) is 9.77. The van der Waals surface area contributed by atoms with E-state index in [2.05, 4.69) is 15.9 Å². The lowest BCUT2D eigenvalue weighted by Crippen LogP contribution is -1.96. The maximum absolute atomic E-state index is 11.0. The molecule has 2 nitrogen and oxygen atoms in total. The molecule has 0 atom stereocenters. The quantitative estimate of drug-likeness (QED) is 0.774. The fourth-order valence-electron chi connectivity index (χ4n) is 1.52. The molecule has 2 rings (SSSR count). The maximum atomic E-state index is 11.0. The monoisotopic (exact) mass is 356 g/mol. The van der Waals surface area contributed by atoms with Gasteiger partial charge in [-0.2, -0.15) is 0 Å². The molecule has 0 radical (unpaired) electrons. The van der Waals surface area contributed by atoms with Crippen LogP contribution in [0.15, 0.2) is 51.8 Å². The Bertz CT molecular complexity index is 599. The summed E-state index contributed by atoms with van der Waals surface area (Å²) >= 11 is 10.7. The number of carbonyl (C=O) groups is 1. The molecule has 0 spiro atoms. The van der Waals surface area contributed by atoms with Crippen molar-refractivity contribution in [2.75, 3.05) is 0 Å². The van der Waals surface area contributed by atoms with E-state index in [1.165, 1.54) is 0 Å². The fourth-order valence-corrected chi connectivity index (χ4v) is 3.23. The average molecular weight is 358 g/mol. The normalized spacial score (nSPS) is 10.4. The van der Waals surface area contributed by atoms with Crippen LogP contribution in [-0.2, 0) is 5.75 Å². The Morgan fingerprint density at radius 2 is 1.89 bits per heavy atom. The first-order valence-corrected chi connectivity index (χ1v) is 7.61.